The molecule has 18 heavy (non-hydrogen) atoms. The average molecular weight is 261 g/mol. The zero-order valence-corrected chi connectivity index (χ0v) is 10.9. The Balaban J connectivity index is 2.17. The lowest BCUT2D eigenvalue weighted by Crippen LogP contribution is -1.97. The Morgan fingerprint density at radius 1 is 1.22 bits per heavy atom. The van der Waals surface area contributed by atoms with Gasteiger partial charge in [-0.05, 0) is 24.6 Å². The first-order chi connectivity index (χ1) is 8.72. The molecular weight excluding hydrogens is 246 g/mol. The summed E-state index contributed by atoms with van der Waals surface area (Å²) < 4.78 is 0. The van der Waals surface area contributed by atoms with E-state index in [4.69, 9.17) is 0 Å². The number of thioether (sulfide) groups is 1. The van der Waals surface area contributed by atoms with Gasteiger partial charge in [0.25, 0.3) is 0 Å². The predicted octanol–water partition coefficient (Wildman–Crippen LogP) is 2.88. The lowest BCUT2D eigenvalue weighted by molar-refractivity contribution is 0.274. The molecule has 0 aliphatic carbocycles. The van der Waals surface area contributed by atoms with Crippen LogP contribution in [0.4, 0.5) is 0 Å². The molecule has 2 rings (SSSR count). The van der Waals surface area contributed by atoms with Gasteiger partial charge in [0.05, 0.1) is 12.3 Å². The van der Waals surface area contributed by atoms with Crippen LogP contribution in [0, 0.1) is 6.92 Å². The highest BCUT2D eigenvalue weighted by Crippen LogP contribution is 2.29. The van der Waals surface area contributed by atoms with Crippen molar-refractivity contribution >= 4 is 11.8 Å². The number of rotatable bonds is 4. The van der Waals surface area contributed by atoms with Crippen molar-refractivity contribution in [1.29, 1.82) is 0 Å². The molecule has 0 fully saturated rings. The minimum atomic E-state index is -0.167. The third kappa shape index (κ3) is 2.83. The van der Waals surface area contributed by atoms with E-state index in [-0.39, 0.29) is 12.4 Å². The maximum atomic E-state index is 9.84. The normalized spacial score (nSPS) is 10.6. The summed E-state index contributed by atoms with van der Waals surface area (Å²) in [6, 6.07) is 10.0. The first-order valence-electron chi connectivity index (χ1n) is 5.67. The zero-order chi connectivity index (χ0) is 13.0. The van der Waals surface area contributed by atoms with Crippen LogP contribution in [0.5, 0.6) is 5.75 Å². The van der Waals surface area contributed by atoms with Crippen LogP contribution in [0.3, 0.4) is 0 Å². The van der Waals surface area contributed by atoms with Gasteiger partial charge in [-0.15, -0.1) is 11.8 Å². The second kappa shape index (κ2) is 5.89. The van der Waals surface area contributed by atoms with Crippen molar-refractivity contribution in [2.24, 2.45) is 0 Å². The second-order valence-electron chi connectivity index (χ2n) is 3.96. The predicted molar refractivity (Wildman–Crippen MR) is 72.6 cm³/mol. The third-order valence-electron chi connectivity index (χ3n) is 2.73. The van der Waals surface area contributed by atoms with Gasteiger partial charge < -0.3 is 10.2 Å². The van der Waals surface area contributed by atoms with Crippen molar-refractivity contribution in [1.82, 2.24) is 4.98 Å². The van der Waals surface area contributed by atoms with Crippen LogP contribution in [0.2, 0.25) is 0 Å². The van der Waals surface area contributed by atoms with E-state index in [2.05, 4.69) is 4.98 Å². The van der Waals surface area contributed by atoms with Gasteiger partial charge >= 0.3 is 0 Å². The minimum Gasteiger partial charge on any atom is -0.506 e. The Bertz CT molecular complexity index is 529. The lowest BCUT2D eigenvalue weighted by Gasteiger charge is -2.10. The van der Waals surface area contributed by atoms with Gasteiger partial charge in [0, 0.05) is 22.4 Å². The highest BCUT2D eigenvalue weighted by Gasteiger charge is 2.10. The van der Waals surface area contributed by atoms with Crippen molar-refractivity contribution < 1.29 is 10.2 Å². The Hall–Kier alpha value is -1.52. The smallest absolute Gasteiger partial charge is 0.142 e. The van der Waals surface area contributed by atoms with Crippen LogP contribution >= 0.6 is 11.8 Å². The Labute approximate surface area is 111 Å². The fourth-order valence-electron chi connectivity index (χ4n) is 1.66. The van der Waals surface area contributed by atoms with Gasteiger partial charge in [-0.25, -0.2) is 0 Å². The largest absolute Gasteiger partial charge is 0.506 e. The van der Waals surface area contributed by atoms with Crippen LogP contribution in [-0.4, -0.2) is 15.2 Å². The Morgan fingerprint density at radius 2 is 1.94 bits per heavy atom. The highest BCUT2D eigenvalue weighted by atomic mass is 32.2. The van der Waals surface area contributed by atoms with Crippen LogP contribution in [-0.2, 0) is 12.4 Å². The molecule has 0 bridgehead atoms. The molecule has 0 amide bonds. The van der Waals surface area contributed by atoms with Gasteiger partial charge in [-0.2, -0.15) is 0 Å². The average Bonchev–Trinajstić information content (AvgIpc) is 2.41. The van der Waals surface area contributed by atoms with Gasteiger partial charge in [-0.3, -0.25) is 4.98 Å². The topological polar surface area (TPSA) is 53.4 Å². The van der Waals surface area contributed by atoms with Crippen molar-refractivity contribution in [3.63, 3.8) is 0 Å². The number of aromatic hydroxyl groups is 1. The van der Waals surface area contributed by atoms with E-state index >= 15 is 0 Å². The van der Waals surface area contributed by atoms with Crippen LogP contribution in [0.15, 0.2) is 41.4 Å². The van der Waals surface area contributed by atoms with Crippen LogP contribution in [0.25, 0.3) is 0 Å². The summed E-state index contributed by atoms with van der Waals surface area (Å²) in [4.78, 5) is 5.28. The van der Waals surface area contributed by atoms with Gasteiger partial charge in [0.2, 0.25) is 0 Å². The lowest BCUT2D eigenvalue weighted by atomic mass is 10.1. The number of aryl methyl sites for hydroxylation is 1. The standard InChI is InChI=1S/C14H15NO2S/c1-10-14(17)13(8-16)11(7-15-10)9-18-12-5-3-2-4-6-12/h2-7,16-17H,8-9H2,1H3. The first kappa shape index (κ1) is 12.9. The summed E-state index contributed by atoms with van der Waals surface area (Å²) in [5, 5.41) is 19.2. The molecule has 2 aromatic rings. The summed E-state index contributed by atoms with van der Waals surface area (Å²) >= 11 is 1.66. The van der Waals surface area contributed by atoms with Gasteiger partial charge in [0.1, 0.15) is 5.75 Å². The number of nitrogens with zero attached hydrogens (tertiary/aromatic N) is 1. The number of pyridine rings is 1. The maximum Gasteiger partial charge on any atom is 0.142 e. The number of aromatic nitrogens is 1. The Kier molecular flexibility index (Phi) is 4.23. The van der Waals surface area contributed by atoms with E-state index in [1.165, 1.54) is 0 Å². The molecule has 94 valence electrons. The highest BCUT2D eigenvalue weighted by molar-refractivity contribution is 7.98. The monoisotopic (exact) mass is 261 g/mol. The summed E-state index contributed by atoms with van der Waals surface area (Å²) in [7, 11) is 0. The molecule has 2 N–H and O–H groups in total. The molecule has 4 heteroatoms. The van der Waals surface area contributed by atoms with E-state index in [1.807, 2.05) is 30.3 Å². The summed E-state index contributed by atoms with van der Waals surface area (Å²) in [6.45, 7) is 1.56. The molecule has 0 saturated heterocycles. The molecular formula is C14H15NO2S. The Morgan fingerprint density at radius 3 is 2.61 bits per heavy atom. The molecule has 3 nitrogen and oxygen atoms in total. The molecule has 1 heterocycles. The van der Waals surface area contributed by atoms with E-state index in [1.54, 1.807) is 24.9 Å². The van der Waals surface area contributed by atoms with Crippen molar-refractivity contribution in [3.8, 4) is 5.75 Å². The number of aliphatic hydroxyl groups excluding tert-OH is 1. The fourth-order valence-corrected chi connectivity index (χ4v) is 2.58. The maximum absolute atomic E-state index is 9.84. The van der Waals surface area contributed by atoms with Crippen LogP contribution in [0.1, 0.15) is 16.8 Å². The van der Waals surface area contributed by atoms with Crippen molar-refractivity contribution in [2.75, 3.05) is 0 Å². The second-order valence-corrected chi connectivity index (χ2v) is 5.00. The van der Waals surface area contributed by atoms with E-state index in [0.717, 1.165) is 10.5 Å². The number of hydrogen-bond donors (Lipinski definition) is 2. The molecule has 0 unspecified atom stereocenters. The fraction of sp³-hybridized carbons (Fsp3) is 0.214. The molecule has 1 aromatic heterocycles. The van der Waals surface area contributed by atoms with E-state index in [0.29, 0.717) is 17.0 Å². The number of benzene rings is 1. The first-order valence-corrected chi connectivity index (χ1v) is 6.66. The molecule has 0 saturated carbocycles. The van der Waals surface area contributed by atoms with Crippen molar-refractivity contribution in [2.45, 2.75) is 24.2 Å². The van der Waals surface area contributed by atoms with Crippen molar-refractivity contribution in [3.05, 3.63) is 53.3 Å². The molecule has 1 aromatic carbocycles. The van der Waals surface area contributed by atoms with E-state index < -0.39 is 0 Å². The number of aliphatic hydroxyl groups is 1. The number of hydrogen-bond acceptors (Lipinski definition) is 4. The molecule has 0 aliphatic heterocycles. The molecule has 0 atom stereocenters. The zero-order valence-electron chi connectivity index (χ0n) is 10.1. The van der Waals surface area contributed by atoms with Gasteiger partial charge in [0.15, 0.2) is 0 Å². The summed E-state index contributed by atoms with van der Waals surface area (Å²) in [5.41, 5.74) is 1.99. The minimum absolute atomic E-state index is 0.101. The molecule has 0 radical (unpaired) electrons. The third-order valence-corrected chi connectivity index (χ3v) is 3.79. The summed E-state index contributed by atoms with van der Waals surface area (Å²) in [6.07, 6.45) is 1.72. The van der Waals surface area contributed by atoms with Gasteiger partial charge in [-0.1, -0.05) is 18.2 Å². The van der Waals surface area contributed by atoms with E-state index in [9.17, 15) is 10.2 Å². The SMILES string of the molecule is Cc1ncc(CSc2ccccc2)c(CO)c1O. The van der Waals surface area contributed by atoms with Crippen LogP contribution < -0.4 is 0 Å². The molecule has 0 aliphatic rings. The quantitative estimate of drug-likeness (QED) is 0.831. The molecule has 0 spiro atoms. The summed E-state index contributed by atoms with van der Waals surface area (Å²) in [5.74, 6) is 0.782.